The van der Waals surface area contributed by atoms with Crippen LogP contribution in [0.4, 0.5) is 5.69 Å². The van der Waals surface area contributed by atoms with Gasteiger partial charge in [-0.15, -0.1) is 24.0 Å². The van der Waals surface area contributed by atoms with E-state index in [1.807, 2.05) is 0 Å². The van der Waals surface area contributed by atoms with Crippen molar-refractivity contribution in [2.45, 2.75) is 33.6 Å². The maximum absolute atomic E-state index is 5.83. The highest BCUT2D eigenvalue weighted by Crippen LogP contribution is 2.18. The van der Waals surface area contributed by atoms with Gasteiger partial charge >= 0.3 is 0 Å². The lowest BCUT2D eigenvalue weighted by atomic mass is 10.2. The van der Waals surface area contributed by atoms with Gasteiger partial charge < -0.3 is 16.0 Å². The third-order valence-corrected chi connectivity index (χ3v) is 3.32. The molecule has 4 nitrogen and oxygen atoms in total. The molecule has 0 saturated carbocycles. The molecule has 0 bridgehead atoms. The summed E-state index contributed by atoms with van der Waals surface area (Å²) in [5.41, 5.74) is 8.43. The third kappa shape index (κ3) is 7.55. The van der Waals surface area contributed by atoms with E-state index in [-0.39, 0.29) is 24.0 Å². The smallest absolute Gasteiger partial charge is 0.188 e. The fourth-order valence-electron chi connectivity index (χ4n) is 2.10. The zero-order valence-corrected chi connectivity index (χ0v) is 15.8. The first-order chi connectivity index (χ1) is 9.69. The molecule has 1 aromatic carbocycles. The summed E-state index contributed by atoms with van der Waals surface area (Å²) >= 11 is 0. The van der Waals surface area contributed by atoms with Crippen LogP contribution in [0.15, 0.2) is 29.3 Å². The summed E-state index contributed by atoms with van der Waals surface area (Å²) in [6.07, 6.45) is 2.24. The zero-order chi connectivity index (χ0) is 14.8. The van der Waals surface area contributed by atoms with E-state index in [1.165, 1.54) is 11.3 Å². The van der Waals surface area contributed by atoms with Crippen molar-refractivity contribution in [3.8, 4) is 0 Å². The normalized spacial score (nSPS) is 10.9. The minimum Gasteiger partial charge on any atom is -0.370 e. The van der Waals surface area contributed by atoms with Crippen molar-refractivity contribution in [3.05, 3.63) is 29.8 Å². The number of nitrogens with one attached hydrogen (secondary N) is 1. The third-order valence-electron chi connectivity index (χ3n) is 3.32. The van der Waals surface area contributed by atoms with Gasteiger partial charge in [-0.05, 0) is 31.9 Å². The van der Waals surface area contributed by atoms with Crippen molar-refractivity contribution in [2.24, 2.45) is 10.7 Å². The summed E-state index contributed by atoms with van der Waals surface area (Å²) < 4.78 is 0. The monoisotopic (exact) mass is 404 g/mol. The summed E-state index contributed by atoms with van der Waals surface area (Å²) in [6.45, 7) is 10.00. The number of benzene rings is 1. The lowest BCUT2D eigenvalue weighted by Crippen LogP contribution is -2.39. The molecular weight excluding hydrogens is 375 g/mol. The molecule has 0 spiro atoms. The Morgan fingerprint density at radius 1 is 1.29 bits per heavy atom. The lowest BCUT2D eigenvalue weighted by molar-refractivity contribution is 0.760. The predicted octanol–water partition coefficient (Wildman–Crippen LogP) is 3.14. The fraction of sp³-hybridized carbons (Fsp3) is 0.562. The van der Waals surface area contributed by atoms with Crippen LogP contribution < -0.4 is 16.0 Å². The predicted molar refractivity (Wildman–Crippen MR) is 104 cm³/mol. The molecule has 1 rings (SSSR count). The number of halogens is 1. The first-order valence-corrected chi connectivity index (χ1v) is 7.53. The molecule has 21 heavy (non-hydrogen) atoms. The standard InChI is InChI=1S/C16H28N4.HI/c1-4-6-11-18-16(17)19-12-13-20(5-2)15-10-8-7-9-14(15)3;/h7-10H,4-6,11-13H2,1-3H3,(H3,17,18,19);1H. The van der Waals surface area contributed by atoms with E-state index in [1.54, 1.807) is 0 Å². The van der Waals surface area contributed by atoms with Crippen LogP contribution in [0.1, 0.15) is 32.3 Å². The second kappa shape index (κ2) is 11.7. The average molecular weight is 404 g/mol. The van der Waals surface area contributed by atoms with Gasteiger partial charge in [0.15, 0.2) is 5.96 Å². The maximum atomic E-state index is 5.83. The molecule has 0 aromatic heterocycles. The van der Waals surface area contributed by atoms with Crippen molar-refractivity contribution < 1.29 is 0 Å². The molecule has 0 unspecified atom stereocenters. The molecule has 1 aromatic rings. The van der Waals surface area contributed by atoms with E-state index in [0.717, 1.165) is 39.0 Å². The summed E-state index contributed by atoms with van der Waals surface area (Å²) in [5, 5.41) is 3.18. The Kier molecular flexibility index (Phi) is 11.1. The van der Waals surface area contributed by atoms with Crippen molar-refractivity contribution in [3.63, 3.8) is 0 Å². The number of nitrogens with two attached hydrogens (primary N) is 1. The van der Waals surface area contributed by atoms with Crippen LogP contribution in [-0.4, -0.2) is 32.1 Å². The Morgan fingerprint density at radius 2 is 2.00 bits per heavy atom. The highest BCUT2D eigenvalue weighted by molar-refractivity contribution is 14.0. The number of anilines is 1. The van der Waals surface area contributed by atoms with E-state index >= 15 is 0 Å². The van der Waals surface area contributed by atoms with Gasteiger partial charge in [-0.2, -0.15) is 0 Å². The number of likely N-dealkylation sites (N-methyl/N-ethyl adjacent to an activating group) is 1. The van der Waals surface area contributed by atoms with Crippen molar-refractivity contribution >= 4 is 35.6 Å². The minimum absolute atomic E-state index is 0. The number of hydrogen-bond donors (Lipinski definition) is 2. The number of nitrogens with zero attached hydrogens (tertiary/aromatic N) is 2. The molecule has 0 amide bonds. The number of unbranched alkanes of at least 4 members (excludes halogenated alkanes) is 1. The SMILES string of the molecule is CCCCN=C(N)NCCN(CC)c1ccccc1C.I. The molecule has 0 aliphatic rings. The van der Waals surface area contributed by atoms with Crippen molar-refractivity contribution in [1.29, 1.82) is 0 Å². The van der Waals surface area contributed by atoms with Gasteiger partial charge in [0.2, 0.25) is 0 Å². The highest BCUT2D eigenvalue weighted by atomic mass is 127. The molecule has 0 fully saturated rings. The van der Waals surface area contributed by atoms with Crippen LogP contribution in [0.25, 0.3) is 0 Å². The Hall–Kier alpha value is -0.980. The first kappa shape index (κ1) is 20.0. The van der Waals surface area contributed by atoms with Gasteiger partial charge in [-0.3, -0.25) is 4.99 Å². The van der Waals surface area contributed by atoms with Crippen LogP contribution in [0, 0.1) is 6.92 Å². The maximum Gasteiger partial charge on any atom is 0.188 e. The quantitative estimate of drug-likeness (QED) is 0.303. The number of aliphatic imine (C=N–C) groups is 1. The largest absolute Gasteiger partial charge is 0.370 e. The molecule has 0 radical (unpaired) electrons. The van der Waals surface area contributed by atoms with E-state index in [2.05, 4.69) is 60.2 Å². The molecule has 0 heterocycles. The van der Waals surface area contributed by atoms with Crippen LogP contribution in [-0.2, 0) is 0 Å². The zero-order valence-electron chi connectivity index (χ0n) is 13.4. The lowest BCUT2D eigenvalue weighted by Gasteiger charge is -2.25. The van der Waals surface area contributed by atoms with E-state index < -0.39 is 0 Å². The topological polar surface area (TPSA) is 53.6 Å². The van der Waals surface area contributed by atoms with Gasteiger partial charge in [0.25, 0.3) is 0 Å². The van der Waals surface area contributed by atoms with Gasteiger partial charge in [-0.25, -0.2) is 0 Å². The molecule has 0 saturated heterocycles. The van der Waals surface area contributed by atoms with Crippen LogP contribution in [0.2, 0.25) is 0 Å². The Morgan fingerprint density at radius 3 is 2.62 bits per heavy atom. The number of hydrogen-bond acceptors (Lipinski definition) is 2. The van der Waals surface area contributed by atoms with E-state index in [0.29, 0.717) is 5.96 Å². The molecule has 120 valence electrons. The van der Waals surface area contributed by atoms with Gasteiger partial charge in [-0.1, -0.05) is 31.5 Å². The summed E-state index contributed by atoms with van der Waals surface area (Å²) in [4.78, 5) is 6.64. The first-order valence-electron chi connectivity index (χ1n) is 7.53. The van der Waals surface area contributed by atoms with Gasteiger partial charge in [0.05, 0.1) is 0 Å². The van der Waals surface area contributed by atoms with Gasteiger partial charge in [0, 0.05) is 31.9 Å². The number of guanidine groups is 1. The number of rotatable bonds is 8. The van der Waals surface area contributed by atoms with Crippen LogP contribution >= 0.6 is 24.0 Å². The molecule has 5 heteroatoms. The Balaban J connectivity index is 0.00000400. The number of para-hydroxylation sites is 1. The molecule has 3 N–H and O–H groups in total. The van der Waals surface area contributed by atoms with E-state index in [4.69, 9.17) is 5.73 Å². The molecular formula is C16H29IN4. The summed E-state index contributed by atoms with van der Waals surface area (Å²) in [5.74, 6) is 0.555. The highest BCUT2D eigenvalue weighted by Gasteiger charge is 2.06. The second-order valence-electron chi connectivity index (χ2n) is 4.91. The van der Waals surface area contributed by atoms with Crippen LogP contribution in [0.3, 0.4) is 0 Å². The van der Waals surface area contributed by atoms with E-state index in [9.17, 15) is 0 Å². The van der Waals surface area contributed by atoms with Crippen molar-refractivity contribution in [2.75, 3.05) is 31.1 Å². The van der Waals surface area contributed by atoms with Gasteiger partial charge in [0.1, 0.15) is 0 Å². The Bertz CT molecular complexity index is 420. The molecule has 0 atom stereocenters. The second-order valence-corrected chi connectivity index (χ2v) is 4.91. The van der Waals surface area contributed by atoms with Crippen molar-refractivity contribution in [1.82, 2.24) is 5.32 Å². The molecule has 0 aliphatic carbocycles. The minimum atomic E-state index is 0. The fourth-order valence-corrected chi connectivity index (χ4v) is 2.10. The average Bonchev–Trinajstić information content (AvgIpc) is 2.45. The summed E-state index contributed by atoms with van der Waals surface area (Å²) in [7, 11) is 0. The van der Waals surface area contributed by atoms with Crippen LogP contribution in [0.5, 0.6) is 0 Å². The number of aryl methyl sites for hydroxylation is 1. The Labute approximate surface area is 146 Å². The molecule has 0 aliphatic heterocycles. The summed E-state index contributed by atoms with van der Waals surface area (Å²) in [6, 6.07) is 8.46.